The van der Waals surface area contributed by atoms with Crippen molar-refractivity contribution in [1.82, 2.24) is 14.7 Å². The van der Waals surface area contributed by atoms with Crippen molar-refractivity contribution in [2.24, 2.45) is 7.05 Å². The molecule has 112 valence electrons. The Labute approximate surface area is 119 Å². The molecular weight excluding hydrogens is 258 g/mol. The van der Waals surface area contributed by atoms with E-state index in [9.17, 15) is 10.1 Å². The summed E-state index contributed by atoms with van der Waals surface area (Å²) in [5.74, 6) is 0.523. The summed E-state index contributed by atoms with van der Waals surface area (Å²) in [6.45, 7) is 6.92. The summed E-state index contributed by atoms with van der Waals surface area (Å²) in [7, 11) is 1.75. The van der Waals surface area contributed by atoms with Gasteiger partial charge < -0.3 is 5.32 Å². The third-order valence-electron chi connectivity index (χ3n) is 4.02. The van der Waals surface area contributed by atoms with Crippen LogP contribution in [0.15, 0.2) is 0 Å². The Morgan fingerprint density at radius 3 is 2.85 bits per heavy atom. The van der Waals surface area contributed by atoms with Crippen molar-refractivity contribution in [3.63, 3.8) is 0 Å². The maximum absolute atomic E-state index is 11.2. The highest BCUT2D eigenvalue weighted by molar-refractivity contribution is 5.59. The number of aryl methyl sites for hydroxylation is 2. The first kappa shape index (κ1) is 14.8. The summed E-state index contributed by atoms with van der Waals surface area (Å²) in [4.78, 5) is 13.3. The predicted molar refractivity (Wildman–Crippen MR) is 78.0 cm³/mol. The Morgan fingerprint density at radius 1 is 1.50 bits per heavy atom. The minimum atomic E-state index is -0.333. The molecule has 0 saturated carbocycles. The molecule has 1 aromatic heterocycles. The van der Waals surface area contributed by atoms with Gasteiger partial charge in [-0.05, 0) is 32.4 Å². The summed E-state index contributed by atoms with van der Waals surface area (Å²) in [6, 6.07) is 0.458. The van der Waals surface area contributed by atoms with Gasteiger partial charge in [-0.3, -0.25) is 15.0 Å². The number of likely N-dealkylation sites (N-methyl/N-ethyl adjacent to an activating group) is 1. The molecule has 2 heterocycles. The van der Waals surface area contributed by atoms with Gasteiger partial charge in [0.2, 0.25) is 5.82 Å². The number of aromatic nitrogens is 2. The van der Waals surface area contributed by atoms with Gasteiger partial charge in [0.15, 0.2) is 0 Å². The molecule has 0 amide bonds. The Balaban J connectivity index is 2.13. The lowest BCUT2D eigenvalue weighted by molar-refractivity contribution is -0.384. The van der Waals surface area contributed by atoms with Crippen LogP contribution in [0.3, 0.4) is 0 Å². The normalized spacial score (nSPS) is 19.4. The van der Waals surface area contributed by atoms with E-state index in [1.165, 1.54) is 6.42 Å². The van der Waals surface area contributed by atoms with E-state index in [2.05, 4.69) is 22.2 Å². The SMILES string of the molecule is CCc1nn(C)c(NCC2CCCN2CC)c1[N+](=O)[O-]. The van der Waals surface area contributed by atoms with Crippen molar-refractivity contribution in [2.45, 2.75) is 39.2 Å². The molecule has 20 heavy (non-hydrogen) atoms. The van der Waals surface area contributed by atoms with Crippen molar-refractivity contribution < 1.29 is 4.92 Å². The van der Waals surface area contributed by atoms with Crippen LogP contribution < -0.4 is 5.32 Å². The lowest BCUT2D eigenvalue weighted by atomic mass is 10.2. The molecule has 1 atom stereocenters. The van der Waals surface area contributed by atoms with Crippen LogP contribution in [0.25, 0.3) is 0 Å². The second-order valence-corrected chi connectivity index (χ2v) is 5.18. The van der Waals surface area contributed by atoms with E-state index in [0.717, 1.165) is 26.1 Å². The molecule has 1 unspecified atom stereocenters. The van der Waals surface area contributed by atoms with Gasteiger partial charge in [-0.25, -0.2) is 4.68 Å². The molecule has 0 aromatic carbocycles. The van der Waals surface area contributed by atoms with Gasteiger partial charge in [0, 0.05) is 19.6 Å². The van der Waals surface area contributed by atoms with Gasteiger partial charge >= 0.3 is 5.69 Å². The molecule has 1 N–H and O–H groups in total. The summed E-state index contributed by atoms with van der Waals surface area (Å²) in [6.07, 6.45) is 2.91. The number of nitro groups is 1. The monoisotopic (exact) mass is 281 g/mol. The zero-order chi connectivity index (χ0) is 14.7. The molecule has 0 spiro atoms. The first-order chi connectivity index (χ1) is 9.58. The van der Waals surface area contributed by atoms with E-state index < -0.39 is 0 Å². The van der Waals surface area contributed by atoms with Crippen LogP contribution in [-0.4, -0.2) is 45.3 Å². The lowest BCUT2D eigenvalue weighted by Gasteiger charge is -2.23. The quantitative estimate of drug-likeness (QED) is 0.635. The molecule has 1 aliphatic heterocycles. The largest absolute Gasteiger partial charge is 0.363 e. The topological polar surface area (TPSA) is 76.2 Å². The zero-order valence-electron chi connectivity index (χ0n) is 12.4. The number of nitrogens with zero attached hydrogens (tertiary/aromatic N) is 4. The van der Waals surface area contributed by atoms with Gasteiger partial charge in [-0.1, -0.05) is 13.8 Å². The highest BCUT2D eigenvalue weighted by Gasteiger charge is 2.28. The molecule has 1 fully saturated rings. The summed E-state index contributed by atoms with van der Waals surface area (Å²) in [5.41, 5.74) is 0.662. The van der Waals surface area contributed by atoms with E-state index in [-0.39, 0.29) is 10.6 Å². The first-order valence-corrected chi connectivity index (χ1v) is 7.26. The lowest BCUT2D eigenvalue weighted by Crippen LogP contribution is -2.35. The van der Waals surface area contributed by atoms with Crippen LogP contribution in [0.1, 0.15) is 32.4 Å². The Hall–Kier alpha value is -1.63. The molecule has 0 bridgehead atoms. The minimum absolute atomic E-state index is 0.121. The molecular formula is C13H23N5O2. The maximum atomic E-state index is 11.2. The highest BCUT2D eigenvalue weighted by atomic mass is 16.6. The summed E-state index contributed by atoms with van der Waals surface area (Å²) in [5, 5.41) is 18.7. The van der Waals surface area contributed by atoms with E-state index in [4.69, 9.17) is 0 Å². The molecule has 0 radical (unpaired) electrons. The van der Waals surface area contributed by atoms with Crippen molar-refractivity contribution >= 4 is 11.5 Å². The smallest absolute Gasteiger partial charge is 0.333 e. The molecule has 7 nitrogen and oxygen atoms in total. The third-order valence-corrected chi connectivity index (χ3v) is 4.02. The number of rotatable bonds is 6. The third kappa shape index (κ3) is 2.77. The number of hydrogen-bond acceptors (Lipinski definition) is 5. The number of likely N-dealkylation sites (tertiary alicyclic amines) is 1. The van der Waals surface area contributed by atoms with Crippen LogP contribution in [0.2, 0.25) is 0 Å². The fourth-order valence-electron chi connectivity index (χ4n) is 2.95. The fourth-order valence-corrected chi connectivity index (χ4v) is 2.95. The minimum Gasteiger partial charge on any atom is -0.363 e. The van der Waals surface area contributed by atoms with Gasteiger partial charge in [0.1, 0.15) is 5.69 Å². The van der Waals surface area contributed by atoms with Crippen LogP contribution >= 0.6 is 0 Å². The standard InChI is InChI=1S/C13H23N5O2/c1-4-11-12(18(19)20)13(16(3)15-11)14-9-10-7-6-8-17(10)5-2/h10,14H,4-9H2,1-3H3. The number of hydrogen-bond donors (Lipinski definition) is 1. The molecule has 2 rings (SSSR count). The van der Waals surface area contributed by atoms with E-state index in [0.29, 0.717) is 24.0 Å². The van der Waals surface area contributed by atoms with Gasteiger partial charge in [-0.2, -0.15) is 5.10 Å². The molecule has 7 heteroatoms. The van der Waals surface area contributed by atoms with Crippen molar-refractivity contribution in [1.29, 1.82) is 0 Å². The Morgan fingerprint density at radius 2 is 2.25 bits per heavy atom. The zero-order valence-corrected chi connectivity index (χ0v) is 12.4. The summed E-state index contributed by atoms with van der Waals surface area (Å²) < 4.78 is 1.59. The average molecular weight is 281 g/mol. The molecule has 1 aromatic rings. The van der Waals surface area contributed by atoms with E-state index >= 15 is 0 Å². The first-order valence-electron chi connectivity index (χ1n) is 7.26. The highest BCUT2D eigenvalue weighted by Crippen LogP contribution is 2.29. The van der Waals surface area contributed by atoms with Crippen molar-refractivity contribution in [3.05, 3.63) is 15.8 Å². The van der Waals surface area contributed by atoms with Crippen molar-refractivity contribution in [3.8, 4) is 0 Å². The summed E-state index contributed by atoms with van der Waals surface area (Å²) >= 11 is 0. The Bertz CT molecular complexity index is 485. The van der Waals surface area contributed by atoms with Gasteiger partial charge in [-0.15, -0.1) is 0 Å². The second-order valence-electron chi connectivity index (χ2n) is 5.18. The molecule has 1 aliphatic rings. The van der Waals surface area contributed by atoms with E-state index in [1.807, 2.05) is 6.92 Å². The maximum Gasteiger partial charge on any atom is 0.333 e. The van der Waals surface area contributed by atoms with Gasteiger partial charge in [0.05, 0.1) is 4.92 Å². The molecule has 0 aliphatic carbocycles. The average Bonchev–Trinajstić information content (AvgIpc) is 2.99. The number of nitrogens with one attached hydrogen (secondary N) is 1. The second kappa shape index (κ2) is 6.21. The van der Waals surface area contributed by atoms with Crippen LogP contribution in [0.4, 0.5) is 11.5 Å². The van der Waals surface area contributed by atoms with Crippen LogP contribution in [0, 0.1) is 10.1 Å². The van der Waals surface area contributed by atoms with E-state index in [1.54, 1.807) is 11.7 Å². The predicted octanol–water partition coefficient (Wildman–Crippen LogP) is 1.79. The van der Waals surface area contributed by atoms with Gasteiger partial charge in [0.25, 0.3) is 0 Å². The Kier molecular flexibility index (Phi) is 4.59. The number of anilines is 1. The van der Waals surface area contributed by atoms with Crippen molar-refractivity contribution in [2.75, 3.05) is 25.0 Å². The fraction of sp³-hybridized carbons (Fsp3) is 0.769. The van der Waals surface area contributed by atoms with Crippen LogP contribution in [0.5, 0.6) is 0 Å². The van der Waals surface area contributed by atoms with Crippen LogP contribution in [-0.2, 0) is 13.5 Å². The molecule has 1 saturated heterocycles.